The summed E-state index contributed by atoms with van der Waals surface area (Å²) in [4.78, 5) is 20.0. The summed E-state index contributed by atoms with van der Waals surface area (Å²) in [5.74, 6) is -0.330. The van der Waals surface area contributed by atoms with Gasteiger partial charge in [-0.1, -0.05) is 0 Å². The highest BCUT2D eigenvalue weighted by Gasteiger charge is 2.29. The monoisotopic (exact) mass is 400 g/mol. The first kappa shape index (κ1) is 20.1. The van der Waals surface area contributed by atoms with Gasteiger partial charge in [0.15, 0.2) is 17.1 Å². The lowest BCUT2D eigenvalue weighted by atomic mass is 10.1. The van der Waals surface area contributed by atoms with Crippen LogP contribution in [0.3, 0.4) is 0 Å². The van der Waals surface area contributed by atoms with E-state index < -0.39 is 17.3 Å². The Labute approximate surface area is 166 Å². The highest BCUT2D eigenvalue weighted by molar-refractivity contribution is 5.93. The van der Waals surface area contributed by atoms with Gasteiger partial charge in [-0.15, -0.1) is 0 Å². The van der Waals surface area contributed by atoms with Crippen LogP contribution < -0.4 is 20.5 Å². The summed E-state index contributed by atoms with van der Waals surface area (Å²) in [6.07, 6.45) is 1.30. The number of phenols is 1. The molecule has 3 rings (SSSR count). The van der Waals surface area contributed by atoms with Crippen molar-refractivity contribution in [2.24, 2.45) is 5.73 Å². The number of nitrogens with two attached hydrogens (primary N) is 1. The number of benzene rings is 2. The molecule has 4 N–H and O–H groups in total. The molecule has 0 saturated carbocycles. The van der Waals surface area contributed by atoms with Crippen LogP contribution in [0.4, 0.5) is 15.9 Å². The molecule has 0 atom stereocenters. The van der Waals surface area contributed by atoms with E-state index in [1.165, 1.54) is 19.5 Å². The summed E-state index contributed by atoms with van der Waals surface area (Å²) in [6.45, 7) is 4.67. The van der Waals surface area contributed by atoms with Crippen LogP contribution >= 0.6 is 0 Å². The van der Waals surface area contributed by atoms with Crippen LogP contribution in [-0.4, -0.2) is 33.7 Å². The maximum absolute atomic E-state index is 14.3. The zero-order valence-electron chi connectivity index (χ0n) is 16.4. The Morgan fingerprint density at radius 1 is 1.24 bits per heavy atom. The molecular formula is C20H21FN4O4. The number of phenolic OH excluding ortho intramolecular Hbond substituents is 1. The van der Waals surface area contributed by atoms with Crippen LogP contribution in [0.2, 0.25) is 0 Å². The third-order valence-corrected chi connectivity index (χ3v) is 4.51. The van der Waals surface area contributed by atoms with Crippen LogP contribution in [0.5, 0.6) is 17.2 Å². The number of carbonyl (C=O) groups excluding carboxylic acids is 1. The number of nitrogens with one attached hydrogen (secondary N) is 1. The van der Waals surface area contributed by atoms with Crippen molar-refractivity contribution in [3.05, 3.63) is 42.0 Å². The standard InChI is InChI=1S/C20H21FN4O4/c1-10-14(26)6-5-12(21)17(10)25-18-11-7-15(28-4)16(8-13(11)23-9-24-18)29-20(2,3)19(22)27/h5-9,26H,1-4H3,(H2,22,27)(H,23,24,25). The van der Waals surface area contributed by atoms with E-state index in [0.29, 0.717) is 28.0 Å². The van der Waals surface area contributed by atoms with Crippen molar-refractivity contribution in [3.63, 3.8) is 0 Å². The molecule has 1 aromatic heterocycles. The van der Waals surface area contributed by atoms with Gasteiger partial charge in [-0.25, -0.2) is 14.4 Å². The normalized spacial score (nSPS) is 11.3. The largest absolute Gasteiger partial charge is 0.508 e. The molecule has 1 amide bonds. The molecule has 3 aromatic rings. The van der Waals surface area contributed by atoms with Gasteiger partial charge in [0, 0.05) is 17.0 Å². The minimum atomic E-state index is -1.27. The number of primary amides is 1. The minimum absolute atomic E-state index is 0.0470. The number of hydrogen-bond acceptors (Lipinski definition) is 7. The van der Waals surface area contributed by atoms with Gasteiger partial charge in [0.25, 0.3) is 5.91 Å². The summed E-state index contributed by atoms with van der Waals surface area (Å²) in [7, 11) is 1.45. The number of aromatic nitrogens is 2. The Bertz CT molecular complexity index is 1100. The molecule has 9 heteroatoms. The third-order valence-electron chi connectivity index (χ3n) is 4.51. The number of amides is 1. The maximum Gasteiger partial charge on any atom is 0.261 e. The van der Waals surface area contributed by atoms with E-state index in [2.05, 4.69) is 15.3 Å². The highest BCUT2D eigenvalue weighted by atomic mass is 19.1. The SMILES string of the molecule is COc1cc2c(Nc3c(F)ccc(O)c3C)ncnc2cc1OC(C)(C)C(N)=O. The van der Waals surface area contributed by atoms with Gasteiger partial charge in [0.05, 0.1) is 18.3 Å². The molecule has 0 aliphatic carbocycles. The molecule has 152 valence electrons. The first-order chi connectivity index (χ1) is 13.6. The number of fused-ring (bicyclic) bond motifs is 1. The van der Waals surface area contributed by atoms with E-state index in [1.54, 1.807) is 32.9 Å². The summed E-state index contributed by atoms with van der Waals surface area (Å²) in [5.41, 5.74) is 5.01. The Morgan fingerprint density at radius 2 is 1.97 bits per heavy atom. The van der Waals surface area contributed by atoms with Crippen molar-refractivity contribution in [2.45, 2.75) is 26.4 Å². The lowest BCUT2D eigenvalue weighted by Gasteiger charge is -2.24. The fourth-order valence-electron chi connectivity index (χ4n) is 2.67. The van der Waals surface area contributed by atoms with Crippen molar-refractivity contribution < 1.29 is 23.8 Å². The van der Waals surface area contributed by atoms with Crippen LogP contribution in [0.15, 0.2) is 30.6 Å². The number of hydrogen-bond donors (Lipinski definition) is 3. The van der Waals surface area contributed by atoms with E-state index >= 15 is 0 Å². The topological polar surface area (TPSA) is 120 Å². The smallest absolute Gasteiger partial charge is 0.261 e. The van der Waals surface area contributed by atoms with Gasteiger partial charge >= 0.3 is 0 Å². The lowest BCUT2D eigenvalue weighted by Crippen LogP contribution is -2.43. The van der Waals surface area contributed by atoms with Crippen molar-refractivity contribution >= 4 is 28.3 Å². The van der Waals surface area contributed by atoms with Gasteiger partial charge in [0.1, 0.15) is 23.7 Å². The van der Waals surface area contributed by atoms with Crippen molar-refractivity contribution in [1.82, 2.24) is 9.97 Å². The molecule has 0 unspecified atom stereocenters. The number of ether oxygens (including phenoxy) is 2. The van der Waals surface area contributed by atoms with Crippen LogP contribution in [0.1, 0.15) is 19.4 Å². The van der Waals surface area contributed by atoms with E-state index in [0.717, 1.165) is 6.07 Å². The third kappa shape index (κ3) is 3.84. The second-order valence-electron chi connectivity index (χ2n) is 6.91. The molecule has 29 heavy (non-hydrogen) atoms. The average molecular weight is 400 g/mol. The second kappa shape index (κ2) is 7.42. The van der Waals surface area contributed by atoms with Crippen LogP contribution in [0, 0.1) is 12.7 Å². The fraction of sp³-hybridized carbons (Fsp3) is 0.250. The summed E-state index contributed by atoms with van der Waals surface area (Å²) in [6, 6.07) is 5.63. The molecule has 0 aliphatic heterocycles. The zero-order valence-corrected chi connectivity index (χ0v) is 16.4. The van der Waals surface area contributed by atoms with Crippen molar-refractivity contribution in [2.75, 3.05) is 12.4 Å². The number of halogens is 1. The average Bonchev–Trinajstić information content (AvgIpc) is 2.67. The van der Waals surface area contributed by atoms with E-state index in [9.17, 15) is 14.3 Å². The molecule has 1 heterocycles. The number of anilines is 2. The summed E-state index contributed by atoms with van der Waals surface area (Å²) >= 11 is 0. The van der Waals surface area contributed by atoms with E-state index in [1.807, 2.05) is 0 Å². The van der Waals surface area contributed by atoms with E-state index in [-0.39, 0.29) is 17.2 Å². The molecule has 0 radical (unpaired) electrons. The Kier molecular flexibility index (Phi) is 5.15. The van der Waals surface area contributed by atoms with Crippen LogP contribution in [0.25, 0.3) is 10.9 Å². The summed E-state index contributed by atoms with van der Waals surface area (Å²) < 4.78 is 25.4. The minimum Gasteiger partial charge on any atom is -0.508 e. The Hall–Kier alpha value is -3.62. The highest BCUT2D eigenvalue weighted by Crippen LogP contribution is 2.37. The predicted molar refractivity (Wildman–Crippen MR) is 106 cm³/mol. The number of nitrogens with zero attached hydrogens (tertiary/aromatic N) is 2. The summed E-state index contributed by atoms with van der Waals surface area (Å²) in [5, 5.41) is 13.3. The number of aromatic hydroxyl groups is 1. The maximum atomic E-state index is 14.3. The van der Waals surface area contributed by atoms with Crippen molar-refractivity contribution in [1.29, 1.82) is 0 Å². The zero-order chi connectivity index (χ0) is 21.3. The van der Waals surface area contributed by atoms with Gasteiger partial charge in [0.2, 0.25) is 0 Å². The first-order valence-corrected chi connectivity index (χ1v) is 8.71. The van der Waals surface area contributed by atoms with Gasteiger partial charge in [-0.2, -0.15) is 0 Å². The lowest BCUT2D eigenvalue weighted by molar-refractivity contribution is -0.130. The number of methoxy groups -OCH3 is 1. The number of rotatable bonds is 6. The molecule has 0 saturated heterocycles. The Morgan fingerprint density at radius 3 is 2.62 bits per heavy atom. The molecule has 0 fully saturated rings. The van der Waals surface area contributed by atoms with Gasteiger partial charge in [-0.05, 0) is 39.0 Å². The second-order valence-corrected chi connectivity index (χ2v) is 6.91. The fourth-order valence-corrected chi connectivity index (χ4v) is 2.67. The molecular weight excluding hydrogens is 379 g/mol. The molecule has 0 spiro atoms. The Balaban J connectivity index is 2.10. The van der Waals surface area contributed by atoms with Crippen molar-refractivity contribution in [3.8, 4) is 17.2 Å². The predicted octanol–water partition coefficient (Wildman–Crippen LogP) is 3.18. The van der Waals surface area contributed by atoms with Gasteiger partial charge in [-0.3, -0.25) is 4.79 Å². The quantitative estimate of drug-likeness (QED) is 0.581. The molecule has 0 bridgehead atoms. The first-order valence-electron chi connectivity index (χ1n) is 8.71. The molecule has 0 aliphatic rings. The van der Waals surface area contributed by atoms with Crippen LogP contribution in [-0.2, 0) is 4.79 Å². The van der Waals surface area contributed by atoms with Gasteiger partial charge < -0.3 is 25.6 Å². The number of carbonyl (C=O) groups is 1. The molecule has 8 nitrogen and oxygen atoms in total. The van der Waals surface area contributed by atoms with E-state index in [4.69, 9.17) is 15.2 Å². The molecule has 2 aromatic carbocycles.